The predicted molar refractivity (Wildman–Crippen MR) is 116 cm³/mol. The first-order chi connectivity index (χ1) is 13.1. The van der Waals surface area contributed by atoms with Crippen LogP contribution in [0.5, 0.6) is 0 Å². The number of rotatable bonds is 20. The van der Waals surface area contributed by atoms with Crippen LogP contribution in [0, 0.1) is 0 Å². The zero-order valence-corrected chi connectivity index (χ0v) is 23.1. The number of carbonyl (C=O) groups excluding carboxylic acids is 1. The van der Waals surface area contributed by atoms with Gasteiger partial charge in [-0.3, -0.25) is 4.90 Å². The van der Waals surface area contributed by atoms with E-state index in [1.807, 2.05) is 0 Å². The molecule has 0 bridgehead atoms. The molecule has 0 saturated carbocycles. The molecule has 0 rings (SSSR count). The number of carboxylic acid groups (broad SMARTS) is 1. The van der Waals surface area contributed by atoms with Gasteiger partial charge >= 0.3 is 51.4 Å². The molecule has 0 aromatic carbocycles. The number of hydrogen-bond donors (Lipinski definition) is 0. The first kappa shape index (κ1) is 31.3. The minimum atomic E-state index is -0.919. The Hall–Kier alpha value is 1.07. The summed E-state index contributed by atoms with van der Waals surface area (Å²) in [6, 6.07) is 0.776. The average molecular weight is 422 g/mol. The van der Waals surface area contributed by atoms with Gasteiger partial charge in [0.2, 0.25) is 0 Å². The second-order valence-electron chi connectivity index (χ2n) is 8.28. The van der Waals surface area contributed by atoms with Crippen molar-refractivity contribution in [3.8, 4) is 0 Å². The smallest absolute Gasteiger partial charge is 0.549 e. The number of unbranched alkanes of at least 4 members (excludes halogenated alkanes) is 10. The largest absolute Gasteiger partial charge is 1.00 e. The Kier molecular flexibility index (Phi) is 25.4. The van der Waals surface area contributed by atoms with Gasteiger partial charge in [0.05, 0.1) is 5.97 Å². The fourth-order valence-electron chi connectivity index (χ4n) is 4.23. The van der Waals surface area contributed by atoms with Gasteiger partial charge in [0.25, 0.3) is 0 Å². The Bertz CT molecular complexity index is 315. The third kappa shape index (κ3) is 16.8. The van der Waals surface area contributed by atoms with Crippen molar-refractivity contribution in [2.75, 3.05) is 6.54 Å². The van der Waals surface area contributed by atoms with Gasteiger partial charge in [-0.2, -0.15) is 0 Å². The van der Waals surface area contributed by atoms with Gasteiger partial charge in [0.1, 0.15) is 0 Å². The van der Waals surface area contributed by atoms with E-state index >= 15 is 0 Å². The molecular formula is C24H48KNO2. The van der Waals surface area contributed by atoms with Crippen molar-refractivity contribution in [3.63, 3.8) is 0 Å². The molecule has 0 fully saturated rings. The summed E-state index contributed by atoms with van der Waals surface area (Å²) in [4.78, 5) is 13.7. The topological polar surface area (TPSA) is 43.4 Å². The van der Waals surface area contributed by atoms with Crippen LogP contribution in [0.25, 0.3) is 0 Å². The fourth-order valence-corrected chi connectivity index (χ4v) is 4.23. The predicted octanol–water partition coefficient (Wildman–Crippen LogP) is 3.10. The van der Waals surface area contributed by atoms with Crippen LogP contribution < -0.4 is 56.5 Å². The number of hydrogen-bond acceptors (Lipinski definition) is 3. The number of carboxylic acids is 1. The van der Waals surface area contributed by atoms with Gasteiger partial charge in [-0.25, -0.2) is 0 Å². The van der Waals surface area contributed by atoms with Gasteiger partial charge in [-0.1, -0.05) is 105 Å². The molecule has 0 radical (unpaired) electrons. The maximum atomic E-state index is 11.4. The summed E-state index contributed by atoms with van der Waals surface area (Å²) in [5, 5.41) is 11.4. The summed E-state index contributed by atoms with van der Waals surface area (Å²) >= 11 is 0. The molecule has 0 aliphatic carbocycles. The minimum absolute atomic E-state index is 0. The molecule has 0 heterocycles. The van der Waals surface area contributed by atoms with Crippen LogP contribution in [0.2, 0.25) is 0 Å². The molecule has 0 saturated heterocycles. The van der Waals surface area contributed by atoms with Crippen LogP contribution in [-0.2, 0) is 4.79 Å². The van der Waals surface area contributed by atoms with Crippen LogP contribution >= 0.6 is 0 Å². The molecule has 28 heavy (non-hydrogen) atoms. The molecule has 162 valence electrons. The molecule has 2 unspecified atom stereocenters. The Balaban J connectivity index is 0. The summed E-state index contributed by atoms with van der Waals surface area (Å²) < 4.78 is 0. The number of carbonyl (C=O) groups is 1. The first-order valence-electron chi connectivity index (χ1n) is 12.1. The van der Waals surface area contributed by atoms with Crippen molar-refractivity contribution in [2.45, 2.75) is 143 Å². The van der Waals surface area contributed by atoms with Crippen molar-refractivity contribution in [1.82, 2.24) is 4.90 Å². The number of aliphatic carboxylic acids is 1. The molecule has 0 amide bonds. The van der Waals surface area contributed by atoms with Gasteiger partial charge in [0, 0.05) is 18.6 Å². The van der Waals surface area contributed by atoms with Gasteiger partial charge in [-0.15, -0.1) is 0 Å². The summed E-state index contributed by atoms with van der Waals surface area (Å²) in [5.41, 5.74) is 0. The summed E-state index contributed by atoms with van der Waals surface area (Å²) in [7, 11) is 0. The van der Waals surface area contributed by atoms with E-state index in [9.17, 15) is 9.90 Å². The molecule has 0 spiro atoms. The molecule has 0 aromatic heterocycles. The van der Waals surface area contributed by atoms with Crippen LogP contribution in [0.4, 0.5) is 0 Å². The molecule has 0 aromatic rings. The normalized spacial score (nSPS) is 13.3. The first-order valence-corrected chi connectivity index (χ1v) is 12.1. The minimum Gasteiger partial charge on any atom is -0.549 e. The van der Waals surface area contributed by atoms with Crippen molar-refractivity contribution < 1.29 is 61.3 Å². The van der Waals surface area contributed by atoms with Gasteiger partial charge in [0.15, 0.2) is 0 Å². The standard InChI is InChI=1S/C24H49NO2.K/c1-5-9-11-13-15-17-19-22(7-3)25(21-24(26)27)23(8-4)20-18-16-14-12-10-6-2;/h22-23H,5-21H2,1-4H3,(H,26,27);/q;+1/p-1. The average Bonchev–Trinajstić information content (AvgIpc) is 2.65. The Morgan fingerprint density at radius 2 is 1.04 bits per heavy atom. The molecule has 2 atom stereocenters. The van der Waals surface area contributed by atoms with Gasteiger partial charge < -0.3 is 9.90 Å². The maximum absolute atomic E-state index is 11.4. The van der Waals surface area contributed by atoms with Crippen molar-refractivity contribution in [1.29, 1.82) is 0 Å². The van der Waals surface area contributed by atoms with E-state index in [0.717, 1.165) is 25.7 Å². The van der Waals surface area contributed by atoms with E-state index < -0.39 is 5.97 Å². The van der Waals surface area contributed by atoms with E-state index in [-0.39, 0.29) is 57.9 Å². The van der Waals surface area contributed by atoms with Crippen molar-refractivity contribution in [2.24, 2.45) is 0 Å². The molecule has 3 nitrogen and oxygen atoms in total. The number of nitrogens with zero attached hydrogens (tertiary/aromatic N) is 1. The second-order valence-corrected chi connectivity index (χ2v) is 8.28. The Morgan fingerprint density at radius 3 is 1.36 bits per heavy atom. The van der Waals surface area contributed by atoms with E-state index in [2.05, 4.69) is 32.6 Å². The molecule has 0 aliphatic rings. The molecule has 0 aliphatic heterocycles. The quantitative estimate of drug-likeness (QED) is 0.224. The van der Waals surface area contributed by atoms with Crippen LogP contribution in [0.3, 0.4) is 0 Å². The van der Waals surface area contributed by atoms with Gasteiger partial charge in [-0.05, 0) is 25.7 Å². The van der Waals surface area contributed by atoms with Crippen LogP contribution in [0.15, 0.2) is 0 Å². The Morgan fingerprint density at radius 1 is 0.679 bits per heavy atom. The van der Waals surface area contributed by atoms with E-state index in [0.29, 0.717) is 12.1 Å². The summed E-state index contributed by atoms with van der Waals surface area (Å²) in [6.07, 6.45) is 19.9. The molecule has 4 heteroatoms. The Labute approximate surface area is 219 Å². The zero-order valence-electron chi connectivity index (χ0n) is 19.9. The SMILES string of the molecule is CCCCCCCCC(CC)N(CC(=O)[O-])C(CC)CCCCCCCC.[K+]. The van der Waals surface area contributed by atoms with E-state index in [4.69, 9.17) is 0 Å². The second kappa shape index (κ2) is 22.7. The van der Waals surface area contributed by atoms with E-state index in [1.54, 1.807) is 0 Å². The maximum Gasteiger partial charge on any atom is 1.00 e. The third-order valence-corrected chi connectivity index (χ3v) is 5.97. The summed E-state index contributed by atoms with van der Waals surface area (Å²) in [6.45, 7) is 9.02. The van der Waals surface area contributed by atoms with Crippen LogP contribution in [-0.4, -0.2) is 29.5 Å². The molecular weight excluding hydrogens is 373 g/mol. The van der Waals surface area contributed by atoms with Crippen LogP contribution in [0.1, 0.15) is 130 Å². The summed E-state index contributed by atoms with van der Waals surface area (Å²) in [5.74, 6) is -0.919. The zero-order chi connectivity index (χ0) is 20.3. The van der Waals surface area contributed by atoms with E-state index in [1.165, 1.54) is 77.0 Å². The van der Waals surface area contributed by atoms with Crippen molar-refractivity contribution in [3.05, 3.63) is 0 Å². The fraction of sp³-hybridized carbons (Fsp3) is 0.958. The molecule has 0 N–H and O–H groups in total. The monoisotopic (exact) mass is 421 g/mol. The third-order valence-electron chi connectivity index (χ3n) is 5.97. The van der Waals surface area contributed by atoms with Crippen molar-refractivity contribution >= 4 is 5.97 Å².